The molecule has 2 aliphatic heterocycles. The highest BCUT2D eigenvalue weighted by molar-refractivity contribution is 7.00. The van der Waals surface area contributed by atoms with E-state index in [1.165, 1.54) is 17.0 Å². The summed E-state index contributed by atoms with van der Waals surface area (Å²) in [5.74, 6) is 0. The molecule has 0 spiro atoms. The molecule has 0 saturated carbocycles. The standard InChI is InChI=1S/C57H33BF6N4/c59-56(60,61)38-24-26-42(37(29-38)34-65)45-33-39(57(62,63)64)25-28-50(45)68-48-20-10-7-17-43(48)44-30-35(23-27-49(44)68)36-31-53-55-54(32-36)67(41-15-5-2-6-16-41)52-22-12-9-19-47(52)58(55)46-18-8-11-21-51(46)66(53)40-13-3-1-4-14-40/h1-33H. The Morgan fingerprint density at radius 1 is 0.412 bits per heavy atom. The van der Waals surface area contributed by atoms with Gasteiger partial charge in [-0.3, -0.25) is 0 Å². The second-order valence-corrected chi connectivity index (χ2v) is 17.0. The number of alkyl halides is 6. The monoisotopic (exact) mass is 898 g/mol. The summed E-state index contributed by atoms with van der Waals surface area (Å²) < 4.78 is 86.6. The molecule has 0 aliphatic carbocycles. The quantitative estimate of drug-likeness (QED) is 0.128. The van der Waals surface area contributed by atoms with Crippen molar-refractivity contribution in [2.45, 2.75) is 12.4 Å². The molecule has 0 radical (unpaired) electrons. The molecule has 4 nitrogen and oxygen atoms in total. The molecule has 2 aliphatic rings. The van der Waals surface area contributed by atoms with Crippen LogP contribution in [0.1, 0.15) is 16.7 Å². The lowest BCUT2D eigenvalue weighted by atomic mass is 9.33. The summed E-state index contributed by atoms with van der Waals surface area (Å²) in [7, 11) is 0. The molecule has 0 fully saturated rings. The first kappa shape index (κ1) is 41.0. The van der Waals surface area contributed by atoms with Crippen LogP contribution in [-0.4, -0.2) is 11.3 Å². The third-order valence-electron chi connectivity index (χ3n) is 13.2. The van der Waals surface area contributed by atoms with Gasteiger partial charge >= 0.3 is 12.4 Å². The molecule has 3 heterocycles. The van der Waals surface area contributed by atoms with E-state index in [-0.39, 0.29) is 23.5 Å². The summed E-state index contributed by atoms with van der Waals surface area (Å²) in [6.45, 7) is -0.0778. The number of benzene rings is 9. The Morgan fingerprint density at radius 3 is 1.54 bits per heavy atom. The molecule has 326 valence electrons. The molecular formula is C57H33BF6N4. The first-order valence-corrected chi connectivity index (χ1v) is 21.9. The molecule has 11 heteroatoms. The van der Waals surface area contributed by atoms with E-state index in [4.69, 9.17) is 0 Å². The summed E-state index contributed by atoms with van der Waals surface area (Å²) in [4.78, 5) is 4.66. The molecule has 68 heavy (non-hydrogen) atoms. The molecule has 0 N–H and O–H groups in total. The number of para-hydroxylation sites is 5. The predicted molar refractivity (Wildman–Crippen MR) is 260 cm³/mol. The largest absolute Gasteiger partial charge is 0.416 e. The van der Waals surface area contributed by atoms with Crippen LogP contribution >= 0.6 is 0 Å². The van der Waals surface area contributed by atoms with Crippen LogP contribution in [-0.2, 0) is 12.4 Å². The SMILES string of the molecule is N#Cc1cc(C(F)(F)F)ccc1-c1cc(C(F)(F)F)ccc1-n1c2ccccc2c2cc(-c3cc4c5c(c3)N(c3ccccc3)c3ccccc3B5c3ccccc3N4c3ccccc3)ccc21. The molecule has 9 aromatic carbocycles. The van der Waals surface area contributed by atoms with Gasteiger partial charge in [-0.2, -0.15) is 31.6 Å². The van der Waals surface area contributed by atoms with Crippen molar-refractivity contribution in [1.29, 1.82) is 5.26 Å². The number of nitrogens with zero attached hydrogens (tertiary/aromatic N) is 4. The van der Waals surface area contributed by atoms with Gasteiger partial charge in [-0.15, -0.1) is 0 Å². The maximum Gasteiger partial charge on any atom is 0.416 e. The van der Waals surface area contributed by atoms with Crippen LogP contribution in [0.25, 0.3) is 49.7 Å². The van der Waals surface area contributed by atoms with Gasteiger partial charge in [0, 0.05) is 56.0 Å². The molecule has 0 atom stereocenters. The summed E-state index contributed by atoms with van der Waals surface area (Å²) in [6, 6.07) is 63.3. The van der Waals surface area contributed by atoms with Crippen molar-refractivity contribution in [3.8, 4) is 34.0 Å². The van der Waals surface area contributed by atoms with Gasteiger partial charge in [0.25, 0.3) is 6.71 Å². The molecule has 12 rings (SSSR count). The first-order valence-electron chi connectivity index (χ1n) is 21.9. The molecular weight excluding hydrogens is 865 g/mol. The van der Waals surface area contributed by atoms with E-state index in [0.717, 1.165) is 85.8 Å². The Balaban J connectivity index is 1.11. The molecule has 0 saturated heterocycles. The van der Waals surface area contributed by atoms with E-state index < -0.39 is 29.0 Å². The molecule has 1 aromatic heterocycles. The van der Waals surface area contributed by atoms with Crippen LogP contribution in [0, 0.1) is 11.3 Å². The summed E-state index contributed by atoms with van der Waals surface area (Å²) in [5.41, 5.74) is 10.5. The zero-order valence-corrected chi connectivity index (χ0v) is 35.7. The number of hydrogen-bond donors (Lipinski definition) is 0. The predicted octanol–water partition coefficient (Wildman–Crippen LogP) is 14.1. The van der Waals surface area contributed by atoms with E-state index in [2.05, 4.69) is 101 Å². The molecule has 0 bridgehead atoms. The Morgan fingerprint density at radius 2 is 0.941 bits per heavy atom. The minimum Gasteiger partial charge on any atom is -0.311 e. The fourth-order valence-corrected chi connectivity index (χ4v) is 10.4. The zero-order chi connectivity index (χ0) is 46.5. The number of nitriles is 1. The van der Waals surface area contributed by atoms with Crippen molar-refractivity contribution in [2.24, 2.45) is 0 Å². The van der Waals surface area contributed by atoms with Crippen molar-refractivity contribution in [1.82, 2.24) is 4.57 Å². The number of anilines is 6. The van der Waals surface area contributed by atoms with Crippen molar-refractivity contribution in [2.75, 3.05) is 9.80 Å². The molecule has 0 unspecified atom stereocenters. The lowest BCUT2D eigenvalue weighted by molar-refractivity contribution is -0.138. The van der Waals surface area contributed by atoms with Gasteiger partial charge in [-0.1, -0.05) is 103 Å². The summed E-state index contributed by atoms with van der Waals surface area (Å²) in [5, 5.41) is 11.7. The van der Waals surface area contributed by atoms with Crippen LogP contribution in [0.4, 0.5) is 60.5 Å². The Hall–Kier alpha value is -8.49. The van der Waals surface area contributed by atoms with Gasteiger partial charge in [0.2, 0.25) is 0 Å². The Labute approximate surface area is 386 Å². The van der Waals surface area contributed by atoms with Crippen molar-refractivity contribution in [3.63, 3.8) is 0 Å². The molecule has 10 aromatic rings. The average Bonchev–Trinajstić information content (AvgIpc) is 3.69. The normalized spacial score (nSPS) is 13.0. The second kappa shape index (κ2) is 15.3. The lowest BCUT2D eigenvalue weighted by Gasteiger charge is -2.44. The zero-order valence-electron chi connectivity index (χ0n) is 35.7. The fourth-order valence-electron chi connectivity index (χ4n) is 10.4. The van der Waals surface area contributed by atoms with Gasteiger partial charge in [0.15, 0.2) is 0 Å². The van der Waals surface area contributed by atoms with Crippen LogP contribution in [0.3, 0.4) is 0 Å². The average molecular weight is 899 g/mol. The van der Waals surface area contributed by atoms with E-state index in [9.17, 15) is 31.6 Å². The van der Waals surface area contributed by atoms with Gasteiger partial charge in [0.1, 0.15) is 0 Å². The third-order valence-corrected chi connectivity index (χ3v) is 13.2. The summed E-state index contributed by atoms with van der Waals surface area (Å²) in [6.07, 6.45) is -9.54. The van der Waals surface area contributed by atoms with Gasteiger partial charge in [-0.25, -0.2) is 0 Å². The highest BCUT2D eigenvalue weighted by Gasteiger charge is 2.43. The van der Waals surface area contributed by atoms with E-state index in [1.807, 2.05) is 83.4 Å². The third kappa shape index (κ3) is 6.39. The first-order chi connectivity index (χ1) is 33.0. The van der Waals surface area contributed by atoms with E-state index in [0.29, 0.717) is 17.1 Å². The maximum absolute atomic E-state index is 14.4. The van der Waals surface area contributed by atoms with Gasteiger partial charge in [-0.05, 0) is 125 Å². The number of halogens is 6. The van der Waals surface area contributed by atoms with E-state index in [1.54, 1.807) is 0 Å². The van der Waals surface area contributed by atoms with Crippen LogP contribution in [0.2, 0.25) is 0 Å². The smallest absolute Gasteiger partial charge is 0.311 e. The minimum atomic E-state index is -4.77. The topological polar surface area (TPSA) is 35.2 Å². The fraction of sp³-hybridized carbons (Fsp3) is 0.0351. The number of fused-ring (bicyclic) bond motifs is 7. The number of aromatic nitrogens is 1. The minimum absolute atomic E-state index is 0.0391. The van der Waals surface area contributed by atoms with Crippen LogP contribution < -0.4 is 26.2 Å². The maximum atomic E-state index is 14.4. The molecule has 0 amide bonds. The van der Waals surface area contributed by atoms with Crippen LogP contribution in [0.15, 0.2) is 200 Å². The number of hydrogen-bond acceptors (Lipinski definition) is 3. The van der Waals surface area contributed by atoms with Crippen molar-refractivity contribution < 1.29 is 26.3 Å². The highest BCUT2D eigenvalue weighted by atomic mass is 19.4. The second-order valence-electron chi connectivity index (χ2n) is 17.0. The number of rotatable bonds is 5. The van der Waals surface area contributed by atoms with Gasteiger partial charge < -0.3 is 14.4 Å². The lowest BCUT2D eigenvalue weighted by Crippen LogP contribution is -2.61. The van der Waals surface area contributed by atoms with Gasteiger partial charge in [0.05, 0.1) is 39.5 Å². The van der Waals surface area contributed by atoms with E-state index >= 15 is 0 Å². The summed E-state index contributed by atoms with van der Waals surface area (Å²) >= 11 is 0. The van der Waals surface area contributed by atoms with Crippen LogP contribution in [0.5, 0.6) is 0 Å². The van der Waals surface area contributed by atoms with Crippen molar-refractivity contribution in [3.05, 3.63) is 217 Å². The van der Waals surface area contributed by atoms with Crippen molar-refractivity contribution >= 4 is 79.0 Å². The Kier molecular flexibility index (Phi) is 9.22. The highest BCUT2D eigenvalue weighted by Crippen LogP contribution is 2.47. The Bertz CT molecular complexity index is 3590.